The van der Waals surface area contributed by atoms with Gasteiger partial charge in [-0.2, -0.15) is 0 Å². The van der Waals surface area contributed by atoms with Gasteiger partial charge in [-0.25, -0.2) is 0 Å². The Hall–Kier alpha value is -2.17. The zero-order chi connectivity index (χ0) is 21.9. The van der Waals surface area contributed by atoms with E-state index in [9.17, 15) is 9.90 Å². The second kappa shape index (κ2) is 9.13. The number of hydrogen-bond donors (Lipinski definition) is 1. The molecule has 1 aliphatic heterocycles. The molecule has 4 nitrogen and oxygen atoms in total. The minimum absolute atomic E-state index is 0.0983. The second-order valence-electron chi connectivity index (χ2n) is 9.47. The molecule has 31 heavy (non-hydrogen) atoms. The normalized spacial score (nSPS) is 26.4. The highest BCUT2D eigenvalue weighted by Crippen LogP contribution is 2.46. The molecule has 2 atom stereocenters. The molecular formula is C27H35NO3. The minimum Gasteiger partial charge on any atom is -0.468 e. The van der Waals surface area contributed by atoms with Gasteiger partial charge >= 0.3 is 5.97 Å². The molecule has 1 N–H and O–H groups in total. The summed E-state index contributed by atoms with van der Waals surface area (Å²) in [5.41, 5.74) is 1.98. The van der Waals surface area contributed by atoms with E-state index in [-0.39, 0.29) is 11.9 Å². The molecule has 0 radical (unpaired) electrons. The van der Waals surface area contributed by atoms with Crippen molar-refractivity contribution < 1.29 is 14.6 Å². The number of aliphatic hydroxyl groups is 1. The number of rotatable bonds is 5. The average molecular weight is 422 g/mol. The molecule has 166 valence electrons. The van der Waals surface area contributed by atoms with E-state index in [4.69, 9.17) is 4.74 Å². The number of carbonyl (C=O) groups is 1. The Balaban J connectivity index is 1.53. The molecule has 0 bridgehead atoms. The number of hydrogen-bond acceptors (Lipinski definition) is 4. The van der Waals surface area contributed by atoms with Crippen LogP contribution in [0.5, 0.6) is 0 Å². The third kappa shape index (κ3) is 4.28. The average Bonchev–Trinajstić information content (AvgIpc) is 2.81. The predicted molar refractivity (Wildman–Crippen MR) is 123 cm³/mol. The molecule has 2 aromatic carbocycles. The van der Waals surface area contributed by atoms with Crippen LogP contribution >= 0.6 is 0 Å². The van der Waals surface area contributed by atoms with Crippen LogP contribution in [-0.4, -0.2) is 42.7 Å². The highest BCUT2D eigenvalue weighted by atomic mass is 16.5. The fourth-order valence-corrected chi connectivity index (χ4v) is 5.75. The van der Waals surface area contributed by atoms with Crippen LogP contribution in [0.25, 0.3) is 0 Å². The molecule has 2 aliphatic rings. The number of methoxy groups -OCH3 is 1. The third-order valence-electron chi connectivity index (χ3n) is 7.66. The molecule has 2 aromatic rings. The number of carbonyl (C=O) groups excluding carboxylic acids is 1. The lowest BCUT2D eigenvalue weighted by Gasteiger charge is -2.46. The Morgan fingerprint density at radius 2 is 1.68 bits per heavy atom. The number of aryl methyl sites for hydroxylation is 1. The van der Waals surface area contributed by atoms with Crippen LogP contribution in [-0.2, 0) is 20.5 Å². The Morgan fingerprint density at radius 1 is 1.00 bits per heavy atom. The molecule has 1 heterocycles. The van der Waals surface area contributed by atoms with Gasteiger partial charge in [-0.15, -0.1) is 0 Å². The molecule has 0 unspecified atom stereocenters. The zero-order valence-electron chi connectivity index (χ0n) is 18.8. The first-order valence-corrected chi connectivity index (χ1v) is 11.6. The van der Waals surface area contributed by atoms with Crippen LogP contribution in [0.4, 0.5) is 0 Å². The van der Waals surface area contributed by atoms with E-state index >= 15 is 0 Å². The molecule has 4 heteroatoms. The van der Waals surface area contributed by atoms with Gasteiger partial charge in [0, 0.05) is 19.6 Å². The van der Waals surface area contributed by atoms with Gasteiger partial charge in [0.05, 0.1) is 18.1 Å². The smallest absolute Gasteiger partial charge is 0.316 e. The van der Waals surface area contributed by atoms with Crippen LogP contribution in [0, 0.1) is 12.8 Å². The molecule has 1 aliphatic carbocycles. The first kappa shape index (κ1) is 22.0. The van der Waals surface area contributed by atoms with E-state index in [1.54, 1.807) is 0 Å². The molecule has 2 fully saturated rings. The minimum atomic E-state index is -0.749. The van der Waals surface area contributed by atoms with Crippen molar-refractivity contribution >= 4 is 5.97 Å². The highest BCUT2D eigenvalue weighted by Gasteiger charge is 2.50. The van der Waals surface area contributed by atoms with Crippen molar-refractivity contribution in [3.63, 3.8) is 0 Å². The Bertz CT molecular complexity index is 871. The summed E-state index contributed by atoms with van der Waals surface area (Å²) in [7, 11) is 1.52. The molecule has 4 rings (SSSR count). The lowest BCUT2D eigenvalue weighted by atomic mass is 9.62. The van der Waals surface area contributed by atoms with Crippen molar-refractivity contribution in [1.82, 2.24) is 4.90 Å². The summed E-state index contributed by atoms with van der Waals surface area (Å²) in [6.45, 7) is 4.63. The van der Waals surface area contributed by atoms with Crippen LogP contribution in [0.15, 0.2) is 54.6 Å². The van der Waals surface area contributed by atoms with Gasteiger partial charge in [0.1, 0.15) is 0 Å². The summed E-state index contributed by atoms with van der Waals surface area (Å²) in [4.78, 5) is 15.7. The van der Waals surface area contributed by atoms with Gasteiger partial charge in [0.2, 0.25) is 0 Å². The van der Waals surface area contributed by atoms with Crippen LogP contribution in [0.2, 0.25) is 0 Å². The molecule has 1 saturated carbocycles. The molecule has 0 aromatic heterocycles. The third-order valence-corrected chi connectivity index (χ3v) is 7.66. The summed E-state index contributed by atoms with van der Waals surface area (Å²) in [5.74, 6) is 0.123. The number of esters is 1. The van der Waals surface area contributed by atoms with E-state index in [2.05, 4.69) is 36.1 Å². The van der Waals surface area contributed by atoms with Crippen molar-refractivity contribution in [3.8, 4) is 0 Å². The standard InChI is InChI=1S/C27H35NO3/c1-21-11-13-23(14-12-21)27(25(29)31-2)15-7-6-10-24(27)20-28-18-16-26(30,17-19-28)22-8-4-3-5-9-22/h3-5,8-9,11-14,24,30H,6-7,10,15-20H2,1-2H3/t24-,27+/m0/s1. The zero-order valence-corrected chi connectivity index (χ0v) is 18.8. The summed E-state index contributed by atoms with van der Waals surface area (Å²) in [5, 5.41) is 11.2. The van der Waals surface area contributed by atoms with Gasteiger partial charge in [-0.05, 0) is 49.7 Å². The van der Waals surface area contributed by atoms with Gasteiger partial charge in [-0.3, -0.25) is 4.79 Å². The number of nitrogens with zero attached hydrogens (tertiary/aromatic N) is 1. The maximum Gasteiger partial charge on any atom is 0.316 e. The summed E-state index contributed by atoms with van der Waals surface area (Å²) in [6, 6.07) is 18.5. The second-order valence-corrected chi connectivity index (χ2v) is 9.47. The number of ether oxygens (including phenoxy) is 1. The molecule has 0 spiro atoms. The van der Waals surface area contributed by atoms with E-state index in [1.807, 2.05) is 30.3 Å². The first-order valence-electron chi connectivity index (χ1n) is 11.6. The quantitative estimate of drug-likeness (QED) is 0.718. The summed E-state index contributed by atoms with van der Waals surface area (Å²) >= 11 is 0. The van der Waals surface area contributed by atoms with Crippen LogP contribution in [0.1, 0.15) is 55.2 Å². The number of piperidine rings is 1. The molecule has 1 saturated heterocycles. The van der Waals surface area contributed by atoms with Gasteiger partial charge in [0.15, 0.2) is 0 Å². The van der Waals surface area contributed by atoms with E-state index in [1.165, 1.54) is 12.7 Å². The van der Waals surface area contributed by atoms with E-state index in [0.717, 1.165) is 69.3 Å². The lowest BCUT2D eigenvalue weighted by molar-refractivity contribution is -0.152. The maximum atomic E-state index is 13.2. The maximum absolute atomic E-state index is 13.2. The Morgan fingerprint density at radius 3 is 2.32 bits per heavy atom. The lowest BCUT2D eigenvalue weighted by Crippen LogP contribution is -2.52. The van der Waals surface area contributed by atoms with Crippen LogP contribution in [0.3, 0.4) is 0 Å². The van der Waals surface area contributed by atoms with Gasteiger partial charge < -0.3 is 14.7 Å². The van der Waals surface area contributed by atoms with Gasteiger partial charge in [0.25, 0.3) is 0 Å². The SMILES string of the molecule is COC(=O)[C@@]1(c2ccc(C)cc2)CCCC[C@H]1CN1CCC(O)(c2ccccc2)CC1. The largest absolute Gasteiger partial charge is 0.468 e. The Labute approximate surface area is 186 Å². The fourth-order valence-electron chi connectivity index (χ4n) is 5.75. The molecular weight excluding hydrogens is 386 g/mol. The van der Waals surface area contributed by atoms with Crippen molar-refractivity contribution in [1.29, 1.82) is 0 Å². The van der Waals surface area contributed by atoms with Crippen molar-refractivity contribution in [2.45, 2.75) is 56.5 Å². The molecule has 0 amide bonds. The van der Waals surface area contributed by atoms with Crippen LogP contribution < -0.4 is 0 Å². The van der Waals surface area contributed by atoms with E-state index < -0.39 is 11.0 Å². The highest BCUT2D eigenvalue weighted by molar-refractivity contribution is 5.84. The van der Waals surface area contributed by atoms with E-state index in [0.29, 0.717) is 0 Å². The Kier molecular flexibility index (Phi) is 6.49. The van der Waals surface area contributed by atoms with Crippen molar-refractivity contribution in [3.05, 3.63) is 71.3 Å². The van der Waals surface area contributed by atoms with Crippen molar-refractivity contribution in [2.75, 3.05) is 26.7 Å². The summed E-state index contributed by atoms with van der Waals surface area (Å²) in [6.07, 6.45) is 5.51. The fraction of sp³-hybridized carbons (Fsp3) is 0.519. The summed E-state index contributed by atoms with van der Waals surface area (Å²) < 4.78 is 5.39. The topological polar surface area (TPSA) is 49.8 Å². The predicted octanol–water partition coefficient (Wildman–Crippen LogP) is 4.58. The van der Waals surface area contributed by atoms with Gasteiger partial charge in [-0.1, -0.05) is 73.0 Å². The number of likely N-dealkylation sites (tertiary alicyclic amines) is 1. The van der Waals surface area contributed by atoms with Crippen molar-refractivity contribution in [2.24, 2.45) is 5.92 Å². The first-order chi connectivity index (χ1) is 15.0. The monoisotopic (exact) mass is 421 g/mol. The number of benzene rings is 2.